The first kappa shape index (κ1) is 27.2. The molecule has 9 nitrogen and oxygen atoms in total. The fraction of sp³-hybridized carbons (Fsp3) is 0.167. The number of carbonyl (C=O) groups is 2. The van der Waals surface area contributed by atoms with E-state index < -0.39 is 44.3 Å². The summed E-state index contributed by atoms with van der Waals surface area (Å²) in [6, 6.07) is 15.9. The number of anilines is 1. The van der Waals surface area contributed by atoms with Gasteiger partial charge in [-0.1, -0.05) is 35.3 Å². The van der Waals surface area contributed by atoms with Crippen molar-refractivity contribution in [3.8, 4) is 0 Å². The zero-order chi connectivity index (χ0) is 27.0. The van der Waals surface area contributed by atoms with Crippen LogP contribution in [0.15, 0.2) is 82.6 Å². The van der Waals surface area contributed by atoms with Gasteiger partial charge in [-0.2, -0.15) is 4.31 Å². The van der Waals surface area contributed by atoms with Crippen LogP contribution in [0.25, 0.3) is 0 Å². The fourth-order valence-corrected chi connectivity index (χ4v) is 6.45. The van der Waals surface area contributed by atoms with Gasteiger partial charge >= 0.3 is 0 Å². The fourth-order valence-electron chi connectivity index (χ4n) is 4.01. The molecule has 37 heavy (non-hydrogen) atoms. The molecule has 1 aliphatic rings. The number of hydrogen-bond donors (Lipinski definition) is 1. The number of amides is 2. The highest BCUT2D eigenvalue weighted by atomic mass is 35.5. The highest BCUT2D eigenvalue weighted by Crippen LogP contribution is 2.30. The Bertz CT molecular complexity index is 1560. The van der Waals surface area contributed by atoms with Gasteiger partial charge in [-0.25, -0.2) is 26.9 Å². The van der Waals surface area contributed by atoms with E-state index in [0.29, 0.717) is 10.0 Å². The molecule has 2 amide bonds. The summed E-state index contributed by atoms with van der Waals surface area (Å²) < 4.78 is 51.4. The summed E-state index contributed by atoms with van der Waals surface area (Å²) in [6.07, 6.45) is -0.160. The van der Waals surface area contributed by atoms with Crippen molar-refractivity contribution in [3.05, 3.63) is 88.4 Å². The number of nitrogens with two attached hydrogens (primary N) is 1. The van der Waals surface area contributed by atoms with Crippen molar-refractivity contribution >= 4 is 60.8 Å². The van der Waals surface area contributed by atoms with E-state index in [2.05, 4.69) is 0 Å². The summed E-state index contributed by atoms with van der Waals surface area (Å²) in [6.45, 7) is -0.104. The van der Waals surface area contributed by atoms with Crippen molar-refractivity contribution < 1.29 is 26.4 Å². The van der Waals surface area contributed by atoms with E-state index >= 15 is 0 Å². The average molecular weight is 582 g/mol. The monoisotopic (exact) mass is 581 g/mol. The van der Waals surface area contributed by atoms with Crippen molar-refractivity contribution in [2.75, 3.05) is 11.4 Å². The highest BCUT2D eigenvalue weighted by Gasteiger charge is 2.46. The van der Waals surface area contributed by atoms with Crippen LogP contribution in [0.4, 0.5) is 5.69 Å². The molecule has 194 valence electrons. The number of nitrogens with zero attached hydrogens (tertiary/aromatic N) is 2. The smallest absolute Gasteiger partial charge is 0.252 e. The minimum atomic E-state index is -4.22. The summed E-state index contributed by atoms with van der Waals surface area (Å²) in [5.74, 6) is -1.38. The predicted octanol–water partition coefficient (Wildman–Crippen LogP) is 3.21. The van der Waals surface area contributed by atoms with Crippen LogP contribution in [-0.4, -0.2) is 45.5 Å². The first-order valence-electron chi connectivity index (χ1n) is 10.9. The van der Waals surface area contributed by atoms with Gasteiger partial charge < -0.3 is 0 Å². The van der Waals surface area contributed by atoms with Crippen LogP contribution in [0.1, 0.15) is 12.0 Å². The standard InChI is InChI=1S/C24H21Cl2N3O6S2/c25-17-4-8-21(9-5-17)37(34,35)28(13-12-16-2-1-3-18(26)14-16)22-15-23(30)29(24(22)31)19-6-10-20(11-7-19)36(27,32)33/h1-11,14,22H,12-13,15H2,(H2,27,32,33). The van der Waals surface area contributed by atoms with Crippen LogP contribution in [0.2, 0.25) is 10.0 Å². The van der Waals surface area contributed by atoms with Gasteiger partial charge in [0.15, 0.2) is 0 Å². The van der Waals surface area contributed by atoms with E-state index in [-0.39, 0.29) is 28.4 Å². The van der Waals surface area contributed by atoms with Gasteiger partial charge in [0.05, 0.1) is 21.9 Å². The second-order valence-electron chi connectivity index (χ2n) is 8.28. The number of rotatable bonds is 8. The summed E-state index contributed by atoms with van der Waals surface area (Å²) in [5, 5.41) is 5.93. The summed E-state index contributed by atoms with van der Waals surface area (Å²) in [5.41, 5.74) is 0.847. The molecule has 13 heteroatoms. The Morgan fingerprint density at radius 2 is 1.49 bits per heavy atom. The van der Waals surface area contributed by atoms with E-state index in [0.717, 1.165) is 14.8 Å². The van der Waals surface area contributed by atoms with E-state index in [1.807, 2.05) is 0 Å². The van der Waals surface area contributed by atoms with Gasteiger partial charge in [0.25, 0.3) is 5.91 Å². The number of halogens is 2. The van der Waals surface area contributed by atoms with Crippen LogP contribution in [-0.2, 0) is 36.1 Å². The zero-order valence-electron chi connectivity index (χ0n) is 19.1. The molecule has 1 fully saturated rings. The largest absolute Gasteiger partial charge is 0.274 e. The van der Waals surface area contributed by atoms with E-state index in [9.17, 15) is 26.4 Å². The molecule has 0 radical (unpaired) electrons. The van der Waals surface area contributed by atoms with E-state index in [4.69, 9.17) is 28.3 Å². The van der Waals surface area contributed by atoms with Gasteiger partial charge in [-0.05, 0) is 72.6 Å². The Hall–Kier alpha value is -2.80. The summed E-state index contributed by atoms with van der Waals surface area (Å²) in [7, 11) is -8.20. The molecule has 1 heterocycles. The minimum absolute atomic E-state index is 0.0841. The average Bonchev–Trinajstić information content (AvgIpc) is 3.12. The molecular weight excluding hydrogens is 561 g/mol. The van der Waals surface area contributed by atoms with Crippen LogP contribution in [0, 0.1) is 0 Å². The molecule has 4 rings (SSSR count). The number of primary sulfonamides is 1. The highest BCUT2D eigenvalue weighted by molar-refractivity contribution is 7.89. The molecule has 1 saturated heterocycles. The first-order chi connectivity index (χ1) is 17.4. The van der Waals surface area contributed by atoms with E-state index in [1.54, 1.807) is 24.3 Å². The third kappa shape index (κ3) is 5.87. The molecular formula is C24H21Cl2N3O6S2. The lowest BCUT2D eigenvalue weighted by Gasteiger charge is -2.27. The third-order valence-electron chi connectivity index (χ3n) is 5.82. The van der Waals surface area contributed by atoms with Crippen LogP contribution >= 0.6 is 23.2 Å². The molecule has 0 aliphatic carbocycles. The third-order valence-corrected chi connectivity index (χ3v) is 9.16. The number of imide groups is 1. The Kier molecular flexibility index (Phi) is 7.75. The predicted molar refractivity (Wildman–Crippen MR) is 139 cm³/mol. The number of benzene rings is 3. The maximum absolute atomic E-state index is 13.7. The zero-order valence-corrected chi connectivity index (χ0v) is 22.3. The lowest BCUT2D eigenvalue weighted by atomic mass is 10.1. The Morgan fingerprint density at radius 3 is 2.08 bits per heavy atom. The molecule has 2 N–H and O–H groups in total. The van der Waals surface area contributed by atoms with Crippen molar-refractivity contribution in [2.24, 2.45) is 5.14 Å². The topological polar surface area (TPSA) is 135 Å². The number of sulfonamides is 2. The second kappa shape index (κ2) is 10.5. The van der Waals surface area contributed by atoms with Gasteiger partial charge in [0, 0.05) is 16.6 Å². The van der Waals surface area contributed by atoms with Crippen LogP contribution < -0.4 is 10.0 Å². The van der Waals surface area contributed by atoms with Crippen molar-refractivity contribution in [1.82, 2.24) is 4.31 Å². The molecule has 3 aromatic carbocycles. The Labute approximate surface area is 224 Å². The summed E-state index contributed by atoms with van der Waals surface area (Å²) in [4.78, 5) is 26.9. The van der Waals surface area contributed by atoms with E-state index in [1.165, 1.54) is 48.5 Å². The van der Waals surface area contributed by atoms with Crippen molar-refractivity contribution in [2.45, 2.75) is 28.7 Å². The number of carbonyl (C=O) groups excluding carboxylic acids is 2. The SMILES string of the molecule is NS(=O)(=O)c1ccc(N2C(=O)CC(N(CCc3cccc(Cl)c3)S(=O)(=O)c3ccc(Cl)cc3)C2=O)cc1. The Balaban J connectivity index is 1.69. The lowest BCUT2D eigenvalue weighted by molar-refractivity contribution is -0.122. The van der Waals surface area contributed by atoms with Crippen LogP contribution in [0.3, 0.4) is 0 Å². The molecule has 0 bridgehead atoms. The van der Waals surface area contributed by atoms with Gasteiger partial charge in [0.2, 0.25) is 26.0 Å². The normalized spacial score (nSPS) is 16.5. The molecule has 1 unspecified atom stereocenters. The van der Waals surface area contributed by atoms with Crippen molar-refractivity contribution in [3.63, 3.8) is 0 Å². The van der Waals surface area contributed by atoms with Crippen LogP contribution in [0.5, 0.6) is 0 Å². The van der Waals surface area contributed by atoms with Gasteiger partial charge in [-0.15, -0.1) is 0 Å². The van der Waals surface area contributed by atoms with Gasteiger partial charge in [-0.3, -0.25) is 9.59 Å². The van der Waals surface area contributed by atoms with Crippen molar-refractivity contribution in [1.29, 1.82) is 0 Å². The summed E-state index contributed by atoms with van der Waals surface area (Å²) >= 11 is 12.0. The molecule has 0 saturated carbocycles. The molecule has 3 aromatic rings. The minimum Gasteiger partial charge on any atom is -0.274 e. The second-order valence-corrected chi connectivity index (χ2v) is 12.6. The molecule has 1 atom stereocenters. The molecule has 0 spiro atoms. The quantitative estimate of drug-likeness (QED) is 0.406. The molecule has 1 aliphatic heterocycles. The molecule has 0 aromatic heterocycles. The van der Waals surface area contributed by atoms with Gasteiger partial charge in [0.1, 0.15) is 6.04 Å². The number of hydrogen-bond acceptors (Lipinski definition) is 6. The maximum Gasteiger partial charge on any atom is 0.252 e. The maximum atomic E-state index is 13.7. The Morgan fingerprint density at radius 1 is 0.865 bits per heavy atom. The lowest BCUT2D eigenvalue weighted by Crippen LogP contribution is -2.46. The first-order valence-corrected chi connectivity index (χ1v) is 14.6.